The third-order valence-corrected chi connectivity index (χ3v) is 5.39. The summed E-state index contributed by atoms with van der Waals surface area (Å²) in [7, 11) is -3.84. The summed E-state index contributed by atoms with van der Waals surface area (Å²) in [4.78, 5) is 0.0324. The minimum Gasteiger partial charge on any atom is -0.394 e. The molecule has 1 rings (SSSR count). The van der Waals surface area contributed by atoms with Gasteiger partial charge in [-0.25, -0.2) is 13.1 Å². The number of benzene rings is 1. The van der Waals surface area contributed by atoms with E-state index in [4.69, 9.17) is 10.2 Å². The molecule has 0 atom stereocenters. The van der Waals surface area contributed by atoms with Gasteiger partial charge in [-0.3, -0.25) is 0 Å². The second-order valence-corrected chi connectivity index (χ2v) is 7.48. The number of hydrogen-bond acceptors (Lipinski definition) is 4. The van der Waals surface area contributed by atoms with Crippen LogP contribution in [0.2, 0.25) is 0 Å². The summed E-state index contributed by atoms with van der Waals surface area (Å²) in [5, 5.41) is 18.2. The molecule has 0 aliphatic carbocycles. The normalized spacial score (nSPS) is 12.7. The van der Waals surface area contributed by atoms with E-state index in [2.05, 4.69) is 36.6 Å². The second kappa shape index (κ2) is 5.98. The molecule has 5 nitrogen and oxygen atoms in total. The first-order valence-corrected chi connectivity index (χ1v) is 8.02. The molecule has 0 fully saturated rings. The first-order chi connectivity index (χ1) is 8.24. The molecular weight excluding hydrogens is 390 g/mol. The van der Waals surface area contributed by atoms with Gasteiger partial charge in [-0.15, -0.1) is 0 Å². The molecule has 0 unspecified atom stereocenters. The molecule has 0 heterocycles. The van der Waals surface area contributed by atoms with Gasteiger partial charge in [0.2, 0.25) is 10.0 Å². The van der Waals surface area contributed by atoms with Gasteiger partial charge in [0, 0.05) is 8.95 Å². The lowest BCUT2D eigenvalue weighted by atomic mass is 10.1. The first kappa shape index (κ1) is 16.1. The Labute approximate surface area is 123 Å². The van der Waals surface area contributed by atoms with Gasteiger partial charge in [0.25, 0.3) is 0 Å². The van der Waals surface area contributed by atoms with Gasteiger partial charge in [-0.05, 0) is 41.1 Å². The van der Waals surface area contributed by atoms with Gasteiger partial charge < -0.3 is 10.2 Å². The topological polar surface area (TPSA) is 86.6 Å². The summed E-state index contributed by atoms with van der Waals surface area (Å²) in [6, 6.07) is 4.72. The number of aliphatic hydroxyl groups is 2. The van der Waals surface area contributed by atoms with Crippen LogP contribution in [0.5, 0.6) is 0 Å². The highest BCUT2D eigenvalue weighted by atomic mass is 79.9. The average molecular weight is 403 g/mol. The molecule has 0 aliphatic rings. The molecule has 3 N–H and O–H groups in total. The number of rotatable bonds is 5. The fraction of sp³-hybridized carbons (Fsp3) is 0.400. The lowest BCUT2D eigenvalue weighted by molar-refractivity contribution is 0.121. The van der Waals surface area contributed by atoms with E-state index in [0.717, 1.165) is 0 Å². The molecular formula is C10H13Br2NO4S. The Kier molecular flexibility index (Phi) is 5.33. The van der Waals surface area contributed by atoms with Crippen molar-refractivity contribution in [2.24, 2.45) is 0 Å². The van der Waals surface area contributed by atoms with Crippen LogP contribution in [0.4, 0.5) is 0 Å². The lowest BCUT2D eigenvalue weighted by Crippen LogP contribution is -2.51. The van der Waals surface area contributed by atoms with Crippen LogP contribution in [0.1, 0.15) is 6.92 Å². The summed E-state index contributed by atoms with van der Waals surface area (Å²) >= 11 is 6.34. The Bertz CT molecular complexity index is 529. The van der Waals surface area contributed by atoms with Crippen molar-refractivity contribution in [3.63, 3.8) is 0 Å². The summed E-state index contributed by atoms with van der Waals surface area (Å²) < 4.78 is 27.6. The highest BCUT2D eigenvalue weighted by Crippen LogP contribution is 2.26. The van der Waals surface area contributed by atoms with Crippen LogP contribution in [-0.4, -0.2) is 37.4 Å². The zero-order valence-corrected chi connectivity index (χ0v) is 13.5. The van der Waals surface area contributed by atoms with Crippen molar-refractivity contribution in [2.45, 2.75) is 17.4 Å². The Balaban J connectivity index is 3.18. The molecule has 0 spiro atoms. The summed E-state index contributed by atoms with van der Waals surface area (Å²) in [6.07, 6.45) is 0. The third kappa shape index (κ3) is 3.75. The Hall–Kier alpha value is 0.01000. The molecule has 18 heavy (non-hydrogen) atoms. The summed E-state index contributed by atoms with van der Waals surface area (Å²) in [5.41, 5.74) is -1.30. The Morgan fingerprint density at radius 3 is 2.33 bits per heavy atom. The monoisotopic (exact) mass is 401 g/mol. The highest BCUT2D eigenvalue weighted by Gasteiger charge is 2.30. The van der Waals surface area contributed by atoms with E-state index >= 15 is 0 Å². The molecule has 0 bridgehead atoms. The van der Waals surface area contributed by atoms with Crippen LogP contribution in [0.3, 0.4) is 0 Å². The number of aliphatic hydroxyl groups excluding tert-OH is 2. The maximum atomic E-state index is 12.2. The van der Waals surface area contributed by atoms with Crippen LogP contribution < -0.4 is 4.72 Å². The predicted molar refractivity (Wildman–Crippen MR) is 74.7 cm³/mol. The van der Waals surface area contributed by atoms with Gasteiger partial charge in [0.1, 0.15) is 0 Å². The van der Waals surface area contributed by atoms with Gasteiger partial charge >= 0.3 is 0 Å². The zero-order chi connectivity index (χ0) is 14.0. The molecule has 8 heteroatoms. The van der Waals surface area contributed by atoms with Crippen molar-refractivity contribution in [3.05, 3.63) is 27.1 Å². The molecule has 0 aliphatic heterocycles. The maximum absolute atomic E-state index is 12.2. The minimum atomic E-state index is -3.84. The van der Waals surface area contributed by atoms with E-state index in [1.54, 1.807) is 12.1 Å². The summed E-state index contributed by atoms with van der Waals surface area (Å²) in [5.74, 6) is 0. The van der Waals surface area contributed by atoms with Crippen molar-refractivity contribution in [1.29, 1.82) is 0 Å². The number of hydrogen-bond donors (Lipinski definition) is 3. The van der Waals surface area contributed by atoms with Crippen molar-refractivity contribution in [1.82, 2.24) is 4.72 Å². The smallest absolute Gasteiger partial charge is 0.242 e. The van der Waals surface area contributed by atoms with Gasteiger partial charge in [0.05, 0.1) is 23.6 Å². The fourth-order valence-electron chi connectivity index (χ4n) is 1.18. The molecule has 1 aromatic rings. The van der Waals surface area contributed by atoms with E-state index in [-0.39, 0.29) is 4.90 Å². The van der Waals surface area contributed by atoms with Gasteiger partial charge in [-0.2, -0.15) is 0 Å². The van der Waals surface area contributed by atoms with Crippen molar-refractivity contribution in [3.8, 4) is 0 Å². The van der Waals surface area contributed by atoms with Crippen molar-refractivity contribution < 1.29 is 18.6 Å². The van der Waals surface area contributed by atoms with E-state index in [1.165, 1.54) is 13.0 Å². The standard InChI is InChI=1S/C10H13Br2NO4S/c1-10(5-14,6-15)13-18(16,17)9-4-7(11)2-3-8(9)12/h2-4,13-15H,5-6H2,1H3. The predicted octanol–water partition coefficient (Wildman–Crippen LogP) is 1.23. The second-order valence-electron chi connectivity index (χ2n) is 4.06. The van der Waals surface area contributed by atoms with E-state index in [1.807, 2.05) is 0 Å². The van der Waals surface area contributed by atoms with Crippen LogP contribution in [0, 0.1) is 0 Å². The number of halogens is 2. The molecule has 102 valence electrons. The Morgan fingerprint density at radius 2 is 1.83 bits per heavy atom. The Morgan fingerprint density at radius 1 is 1.28 bits per heavy atom. The molecule has 0 radical (unpaired) electrons. The minimum absolute atomic E-state index is 0.0324. The SMILES string of the molecule is CC(CO)(CO)NS(=O)(=O)c1cc(Br)ccc1Br. The largest absolute Gasteiger partial charge is 0.394 e. The van der Waals surface area contributed by atoms with E-state index < -0.39 is 28.8 Å². The van der Waals surface area contributed by atoms with E-state index in [9.17, 15) is 8.42 Å². The quantitative estimate of drug-likeness (QED) is 0.691. The molecule has 1 aromatic carbocycles. The highest BCUT2D eigenvalue weighted by molar-refractivity contribution is 9.11. The molecule has 0 saturated heterocycles. The van der Waals surface area contributed by atoms with Gasteiger partial charge in [0.15, 0.2) is 0 Å². The molecule has 0 saturated carbocycles. The summed E-state index contributed by atoms with van der Waals surface area (Å²) in [6.45, 7) is 0.402. The van der Waals surface area contributed by atoms with Crippen LogP contribution in [0.15, 0.2) is 32.0 Å². The van der Waals surface area contributed by atoms with Crippen LogP contribution in [-0.2, 0) is 10.0 Å². The molecule has 0 aromatic heterocycles. The van der Waals surface area contributed by atoms with Gasteiger partial charge in [-0.1, -0.05) is 15.9 Å². The molecule has 0 amide bonds. The first-order valence-electron chi connectivity index (χ1n) is 4.95. The third-order valence-electron chi connectivity index (χ3n) is 2.26. The lowest BCUT2D eigenvalue weighted by Gasteiger charge is -2.26. The van der Waals surface area contributed by atoms with Crippen molar-refractivity contribution in [2.75, 3.05) is 13.2 Å². The number of sulfonamides is 1. The van der Waals surface area contributed by atoms with Crippen LogP contribution in [0.25, 0.3) is 0 Å². The van der Waals surface area contributed by atoms with Crippen LogP contribution >= 0.6 is 31.9 Å². The fourth-order valence-corrected chi connectivity index (χ4v) is 4.07. The average Bonchev–Trinajstić information content (AvgIpc) is 2.31. The van der Waals surface area contributed by atoms with Crippen molar-refractivity contribution >= 4 is 41.9 Å². The maximum Gasteiger partial charge on any atom is 0.242 e. The number of nitrogens with one attached hydrogen (secondary N) is 1. The zero-order valence-electron chi connectivity index (χ0n) is 9.52. The van der Waals surface area contributed by atoms with E-state index in [0.29, 0.717) is 8.95 Å².